The van der Waals surface area contributed by atoms with Gasteiger partial charge >= 0.3 is 0 Å². The van der Waals surface area contributed by atoms with Crippen molar-refractivity contribution in [2.75, 3.05) is 13.2 Å². The van der Waals surface area contributed by atoms with Crippen LogP contribution in [-0.2, 0) is 14.3 Å². The molecule has 1 heterocycles. The monoisotopic (exact) mass is 251 g/mol. The van der Waals surface area contributed by atoms with E-state index >= 15 is 0 Å². The predicted octanol–water partition coefficient (Wildman–Crippen LogP) is 1.78. The standard InChI is InChI=1S/C14H21NO3/c1-3-12(15-13(16)4-2)11-5-7-14(8-6-11)17-9-10-18-14/h3-4,11-12H,1-2,5-10H2,(H,15,16). The molecule has 1 spiro atoms. The molecule has 1 aliphatic heterocycles. The maximum atomic E-state index is 11.3. The molecule has 0 radical (unpaired) electrons. The summed E-state index contributed by atoms with van der Waals surface area (Å²) in [5.41, 5.74) is 0. The fraction of sp³-hybridized carbons (Fsp3) is 0.643. The summed E-state index contributed by atoms with van der Waals surface area (Å²) < 4.78 is 11.4. The molecule has 0 aromatic carbocycles. The summed E-state index contributed by atoms with van der Waals surface area (Å²) in [6.45, 7) is 8.66. The molecule has 4 nitrogen and oxygen atoms in total. The second-order valence-electron chi connectivity index (χ2n) is 4.92. The Labute approximate surface area is 108 Å². The van der Waals surface area contributed by atoms with Gasteiger partial charge in [0.25, 0.3) is 0 Å². The maximum absolute atomic E-state index is 11.3. The van der Waals surface area contributed by atoms with Crippen LogP contribution in [0.2, 0.25) is 0 Å². The van der Waals surface area contributed by atoms with Crippen molar-refractivity contribution in [3.8, 4) is 0 Å². The highest BCUT2D eigenvalue weighted by molar-refractivity contribution is 5.87. The third-order valence-electron chi connectivity index (χ3n) is 3.86. The van der Waals surface area contributed by atoms with Crippen LogP contribution in [0.15, 0.2) is 25.3 Å². The Balaban J connectivity index is 1.88. The van der Waals surface area contributed by atoms with Gasteiger partial charge in [0, 0.05) is 18.9 Å². The van der Waals surface area contributed by atoms with E-state index in [1.165, 1.54) is 6.08 Å². The maximum Gasteiger partial charge on any atom is 0.243 e. The molecule has 1 unspecified atom stereocenters. The van der Waals surface area contributed by atoms with Crippen LogP contribution in [0, 0.1) is 5.92 Å². The highest BCUT2D eigenvalue weighted by atomic mass is 16.7. The van der Waals surface area contributed by atoms with Gasteiger partial charge in [-0.3, -0.25) is 4.79 Å². The Morgan fingerprint density at radius 3 is 2.39 bits per heavy atom. The molecule has 1 N–H and O–H groups in total. The largest absolute Gasteiger partial charge is 0.348 e. The van der Waals surface area contributed by atoms with Crippen LogP contribution >= 0.6 is 0 Å². The molecule has 18 heavy (non-hydrogen) atoms. The number of nitrogens with one attached hydrogen (secondary N) is 1. The Hall–Kier alpha value is -1.13. The highest BCUT2D eigenvalue weighted by Crippen LogP contribution is 2.39. The van der Waals surface area contributed by atoms with E-state index in [2.05, 4.69) is 18.5 Å². The molecule has 2 aliphatic rings. The molecule has 0 aromatic rings. The number of hydrogen-bond donors (Lipinski definition) is 1. The van der Waals surface area contributed by atoms with Gasteiger partial charge < -0.3 is 14.8 Å². The molecule has 1 aliphatic carbocycles. The minimum Gasteiger partial charge on any atom is -0.348 e. The van der Waals surface area contributed by atoms with Gasteiger partial charge in [-0.2, -0.15) is 0 Å². The summed E-state index contributed by atoms with van der Waals surface area (Å²) in [6.07, 6.45) is 6.85. The van der Waals surface area contributed by atoms with Crippen LogP contribution in [-0.4, -0.2) is 30.9 Å². The molecular formula is C14H21NO3. The summed E-state index contributed by atoms with van der Waals surface area (Å²) in [7, 11) is 0. The van der Waals surface area contributed by atoms with Crippen LogP contribution < -0.4 is 5.32 Å². The van der Waals surface area contributed by atoms with Crippen LogP contribution in [0.4, 0.5) is 0 Å². The molecule has 1 saturated heterocycles. The minimum absolute atomic E-state index is 0.00857. The predicted molar refractivity (Wildman–Crippen MR) is 68.9 cm³/mol. The zero-order chi connectivity index (χ0) is 13.0. The first-order chi connectivity index (χ1) is 8.69. The van der Waals surface area contributed by atoms with E-state index in [-0.39, 0.29) is 17.7 Å². The summed E-state index contributed by atoms with van der Waals surface area (Å²) in [6, 6.07) is 0.00857. The van der Waals surface area contributed by atoms with Crippen LogP contribution in [0.3, 0.4) is 0 Å². The number of carbonyl (C=O) groups excluding carboxylic acids is 1. The molecule has 2 rings (SSSR count). The summed E-state index contributed by atoms with van der Waals surface area (Å²) >= 11 is 0. The van der Waals surface area contributed by atoms with E-state index in [1.807, 2.05) is 0 Å². The van der Waals surface area contributed by atoms with Crippen molar-refractivity contribution < 1.29 is 14.3 Å². The average molecular weight is 251 g/mol. The molecule has 4 heteroatoms. The Morgan fingerprint density at radius 2 is 1.89 bits per heavy atom. The van der Waals surface area contributed by atoms with Gasteiger partial charge in [-0.25, -0.2) is 0 Å². The summed E-state index contributed by atoms with van der Waals surface area (Å²) in [4.78, 5) is 11.3. The first-order valence-corrected chi connectivity index (χ1v) is 6.52. The van der Waals surface area contributed by atoms with Crippen molar-refractivity contribution in [2.24, 2.45) is 5.92 Å². The lowest BCUT2D eigenvalue weighted by molar-refractivity contribution is -0.183. The fourth-order valence-electron chi connectivity index (χ4n) is 2.82. The van der Waals surface area contributed by atoms with Crippen molar-refractivity contribution >= 4 is 5.91 Å². The van der Waals surface area contributed by atoms with E-state index in [9.17, 15) is 4.79 Å². The van der Waals surface area contributed by atoms with Gasteiger partial charge in [0.05, 0.1) is 13.2 Å². The van der Waals surface area contributed by atoms with E-state index < -0.39 is 0 Å². The van der Waals surface area contributed by atoms with Crippen molar-refractivity contribution in [2.45, 2.75) is 37.5 Å². The molecule has 0 bridgehead atoms. The lowest BCUT2D eigenvalue weighted by Crippen LogP contribution is -2.43. The van der Waals surface area contributed by atoms with E-state index in [4.69, 9.17) is 9.47 Å². The molecule has 1 atom stereocenters. The van der Waals surface area contributed by atoms with Crippen molar-refractivity contribution in [1.82, 2.24) is 5.32 Å². The van der Waals surface area contributed by atoms with Gasteiger partial charge in [-0.15, -0.1) is 6.58 Å². The van der Waals surface area contributed by atoms with Gasteiger partial charge in [-0.05, 0) is 24.8 Å². The third kappa shape index (κ3) is 2.82. The number of amides is 1. The van der Waals surface area contributed by atoms with Crippen molar-refractivity contribution in [3.05, 3.63) is 25.3 Å². The minimum atomic E-state index is -0.343. The van der Waals surface area contributed by atoms with Crippen molar-refractivity contribution in [3.63, 3.8) is 0 Å². The Kier molecular flexibility index (Phi) is 4.19. The van der Waals surface area contributed by atoms with E-state index in [1.54, 1.807) is 6.08 Å². The Morgan fingerprint density at radius 1 is 1.28 bits per heavy atom. The zero-order valence-corrected chi connectivity index (χ0v) is 10.7. The smallest absolute Gasteiger partial charge is 0.243 e. The molecule has 100 valence electrons. The van der Waals surface area contributed by atoms with E-state index in [0.29, 0.717) is 19.1 Å². The first kappa shape index (κ1) is 13.3. The second-order valence-corrected chi connectivity index (χ2v) is 4.92. The summed E-state index contributed by atoms with van der Waals surface area (Å²) in [5.74, 6) is -0.0802. The lowest BCUT2D eigenvalue weighted by Gasteiger charge is -2.37. The topological polar surface area (TPSA) is 47.6 Å². The van der Waals surface area contributed by atoms with Gasteiger partial charge in [-0.1, -0.05) is 12.7 Å². The van der Waals surface area contributed by atoms with Crippen LogP contribution in [0.5, 0.6) is 0 Å². The van der Waals surface area contributed by atoms with Gasteiger partial charge in [0.2, 0.25) is 5.91 Å². The quantitative estimate of drug-likeness (QED) is 0.612. The first-order valence-electron chi connectivity index (χ1n) is 6.52. The Bertz CT molecular complexity index is 324. The zero-order valence-electron chi connectivity index (χ0n) is 10.7. The van der Waals surface area contributed by atoms with Crippen molar-refractivity contribution in [1.29, 1.82) is 0 Å². The number of carbonyl (C=O) groups is 1. The number of hydrogen-bond acceptors (Lipinski definition) is 3. The SMILES string of the molecule is C=CC(=O)NC(C=C)C1CCC2(CC1)OCCO2. The molecule has 1 saturated carbocycles. The number of rotatable bonds is 4. The van der Waals surface area contributed by atoms with Gasteiger partial charge in [0.15, 0.2) is 5.79 Å². The average Bonchev–Trinajstić information content (AvgIpc) is 2.85. The van der Waals surface area contributed by atoms with E-state index in [0.717, 1.165) is 25.7 Å². The third-order valence-corrected chi connectivity index (χ3v) is 3.86. The fourth-order valence-corrected chi connectivity index (χ4v) is 2.82. The van der Waals surface area contributed by atoms with Crippen LogP contribution in [0.1, 0.15) is 25.7 Å². The summed E-state index contributed by atoms with van der Waals surface area (Å²) in [5, 5.41) is 2.91. The normalized spacial score (nSPS) is 24.7. The van der Waals surface area contributed by atoms with Gasteiger partial charge in [0.1, 0.15) is 0 Å². The molecule has 2 fully saturated rings. The molecule has 0 aromatic heterocycles. The second kappa shape index (κ2) is 5.67. The lowest BCUT2D eigenvalue weighted by atomic mass is 9.80. The highest BCUT2D eigenvalue weighted by Gasteiger charge is 2.41. The number of ether oxygens (including phenoxy) is 2. The molecule has 1 amide bonds. The molecular weight excluding hydrogens is 230 g/mol. The van der Waals surface area contributed by atoms with Crippen LogP contribution in [0.25, 0.3) is 0 Å².